The van der Waals surface area contributed by atoms with Crippen molar-refractivity contribution in [2.24, 2.45) is 0 Å². The summed E-state index contributed by atoms with van der Waals surface area (Å²) in [4.78, 5) is 19.1. The van der Waals surface area contributed by atoms with E-state index in [0.717, 1.165) is 20.4 Å². The first kappa shape index (κ1) is 18.1. The van der Waals surface area contributed by atoms with Crippen LogP contribution in [-0.4, -0.2) is 9.55 Å². The lowest BCUT2D eigenvalue weighted by Gasteiger charge is -2.11. The number of halogens is 1. The van der Waals surface area contributed by atoms with Crippen molar-refractivity contribution in [1.29, 1.82) is 0 Å². The fourth-order valence-corrected chi connectivity index (χ4v) is 4.09. The SMILES string of the molecule is O=c1c2cc(I)ccc2nc(/C=C/c2cccs2)n1CCc1ccccc1. The Balaban J connectivity index is 1.78. The third-order valence-corrected chi connectivity index (χ3v) is 5.86. The molecule has 134 valence electrons. The Hall–Kier alpha value is -2.25. The van der Waals surface area contributed by atoms with Gasteiger partial charge in [0.15, 0.2) is 0 Å². The number of aromatic nitrogens is 2. The molecule has 0 aliphatic heterocycles. The first-order valence-electron chi connectivity index (χ1n) is 8.66. The van der Waals surface area contributed by atoms with Crippen LogP contribution in [0.3, 0.4) is 0 Å². The molecule has 27 heavy (non-hydrogen) atoms. The standard InChI is InChI=1S/C22H17IN2OS/c23-17-8-10-20-19(15-17)22(26)25(13-12-16-5-2-1-3-6-16)21(24-20)11-9-18-7-4-14-27-18/h1-11,14-15H,12-13H2/b11-9+. The van der Waals surface area contributed by atoms with Gasteiger partial charge < -0.3 is 0 Å². The van der Waals surface area contributed by atoms with E-state index in [-0.39, 0.29) is 5.56 Å². The van der Waals surface area contributed by atoms with Crippen LogP contribution in [0.4, 0.5) is 0 Å². The second kappa shape index (κ2) is 8.19. The number of thiophene rings is 1. The first-order chi connectivity index (χ1) is 13.2. The van der Waals surface area contributed by atoms with Crippen LogP contribution >= 0.6 is 33.9 Å². The van der Waals surface area contributed by atoms with E-state index in [9.17, 15) is 4.79 Å². The number of hydrogen-bond acceptors (Lipinski definition) is 3. The summed E-state index contributed by atoms with van der Waals surface area (Å²) >= 11 is 3.90. The van der Waals surface area contributed by atoms with E-state index in [1.807, 2.05) is 60.0 Å². The van der Waals surface area contributed by atoms with Gasteiger partial charge in [0.05, 0.1) is 10.9 Å². The second-order valence-electron chi connectivity index (χ2n) is 6.17. The van der Waals surface area contributed by atoms with Crippen molar-refractivity contribution in [1.82, 2.24) is 9.55 Å². The summed E-state index contributed by atoms with van der Waals surface area (Å²) in [6.45, 7) is 0.599. The van der Waals surface area contributed by atoms with Gasteiger partial charge in [0, 0.05) is 15.0 Å². The summed E-state index contributed by atoms with van der Waals surface area (Å²) < 4.78 is 2.82. The van der Waals surface area contributed by atoms with Crippen LogP contribution in [0.25, 0.3) is 23.1 Å². The van der Waals surface area contributed by atoms with Gasteiger partial charge >= 0.3 is 0 Å². The Bertz CT molecular complexity index is 1150. The Kier molecular flexibility index (Phi) is 5.50. The molecule has 5 heteroatoms. The topological polar surface area (TPSA) is 34.9 Å². The van der Waals surface area contributed by atoms with Crippen LogP contribution in [0.1, 0.15) is 16.3 Å². The molecular weight excluding hydrogens is 467 g/mol. The average Bonchev–Trinajstić information content (AvgIpc) is 3.21. The van der Waals surface area contributed by atoms with Crippen LogP contribution in [0.2, 0.25) is 0 Å². The number of benzene rings is 2. The molecule has 0 saturated carbocycles. The van der Waals surface area contributed by atoms with Gasteiger partial charge in [-0.2, -0.15) is 0 Å². The molecule has 0 unspecified atom stereocenters. The van der Waals surface area contributed by atoms with Crippen LogP contribution in [0.5, 0.6) is 0 Å². The second-order valence-corrected chi connectivity index (χ2v) is 8.40. The molecule has 0 amide bonds. The van der Waals surface area contributed by atoms with Crippen molar-refractivity contribution in [3.05, 3.63) is 96.2 Å². The molecule has 0 aliphatic carbocycles. The van der Waals surface area contributed by atoms with Crippen molar-refractivity contribution >= 4 is 57.0 Å². The lowest BCUT2D eigenvalue weighted by atomic mass is 10.1. The minimum Gasteiger partial charge on any atom is -0.292 e. The Morgan fingerprint density at radius 3 is 2.67 bits per heavy atom. The predicted octanol–water partition coefficient (Wildman–Crippen LogP) is 5.48. The highest BCUT2D eigenvalue weighted by molar-refractivity contribution is 14.1. The van der Waals surface area contributed by atoms with Crippen molar-refractivity contribution in [3.8, 4) is 0 Å². The summed E-state index contributed by atoms with van der Waals surface area (Å²) in [6.07, 6.45) is 4.75. The molecule has 2 heterocycles. The normalized spacial score (nSPS) is 11.4. The Labute approximate surface area is 175 Å². The highest BCUT2D eigenvalue weighted by atomic mass is 127. The lowest BCUT2D eigenvalue weighted by molar-refractivity contribution is 0.655. The predicted molar refractivity (Wildman–Crippen MR) is 122 cm³/mol. The summed E-state index contributed by atoms with van der Waals surface area (Å²) in [5.74, 6) is 0.693. The zero-order chi connectivity index (χ0) is 18.6. The summed E-state index contributed by atoms with van der Waals surface area (Å²) in [7, 11) is 0. The molecule has 0 N–H and O–H groups in total. The molecule has 0 atom stereocenters. The van der Waals surface area contributed by atoms with Crippen LogP contribution < -0.4 is 5.56 Å². The number of hydrogen-bond donors (Lipinski definition) is 0. The molecule has 4 aromatic rings. The van der Waals surface area contributed by atoms with E-state index in [4.69, 9.17) is 4.98 Å². The van der Waals surface area contributed by atoms with Crippen molar-refractivity contribution < 1.29 is 0 Å². The molecule has 2 aromatic carbocycles. The molecule has 0 radical (unpaired) electrons. The first-order valence-corrected chi connectivity index (χ1v) is 10.6. The van der Waals surface area contributed by atoms with E-state index in [1.54, 1.807) is 15.9 Å². The van der Waals surface area contributed by atoms with Gasteiger partial charge in [-0.15, -0.1) is 11.3 Å². The van der Waals surface area contributed by atoms with Crippen LogP contribution in [0, 0.1) is 3.57 Å². The molecule has 0 saturated heterocycles. The molecule has 2 aromatic heterocycles. The largest absolute Gasteiger partial charge is 0.292 e. The molecule has 0 aliphatic rings. The van der Waals surface area contributed by atoms with Crippen molar-refractivity contribution in [2.75, 3.05) is 0 Å². The van der Waals surface area contributed by atoms with Gasteiger partial charge in [-0.3, -0.25) is 9.36 Å². The highest BCUT2D eigenvalue weighted by Crippen LogP contribution is 2.16. The Morgan fingerprint density at radius 2 is 1.89 bits per heavy atom. The molecule has 0 bridgehead atoms. The third-order valence-electron chi connectivity index (χ3n) is 4.35. The molecule has 3 nitrogen and oxygen atoms in total. The van der Waals surface area contributed by atoms with Crippen molar-refractivity contribution in [3.63, 3.8) is 0 Å². The smallest absolute Gasteiger partial charge is 0.261 e. The molecule has 0 fully saturated rings. The third kappa shape index (κ3) is 4.20. The minimum atomic E-state index is 0.0141. The van der Waals surface area contributed by atoms with Gasteiger partial charge in [0.1, 0.15) is 5.82 Å². The van der Waals surface area contributed by atoms with Crippen molar-refractivity contribution in [2.45, 2.75) is 13.0 Å². The maximum atomic E-state index is 13.2. The highest BCUT2D eigenvalue weighted by Gasteiger charge is 2.10. The zero-order valence-corrected chi connectivity index (χ0v) is 17.5. The van der Waals surface area contributed by atoms with E-state index in [2.05, 4.69) is 40.8 Å². The molecule has 4 rings (SSSR count). The van der Waals surface area contributed by atoms with E-state index >= 15 is 0 Å². The molecule has 0 spiro atoms. The van der Waals surface area contributed by atoms with Crippen LogP contribution in [0.15, 0.2) is 70.8 Å². The van der Waals surface area contributed by atoms with Gasteiger partial charge in [-0.05, 0) is 76.4 Å². The van der Waals surface area contributed by atoms with E-state index in [0.29, 0.717) is 17.8 Å². The summed E-state index contributed by atoms with van der Waals surface area (Å²) in [5.41, 5.74) is 1.96. The number of rotatable bonds is 5. The Morgan fingerprint density at radius 1 is 1.04 bits per heavy atom. The zero-order valence-electron chi connectivity index (χ0n) is 14.5. The van der Waals surface area contributed by atoms with E-state index < -0.39 is 0 Å². The number of nitrogens with zero attached hydrogens (tertiary/aromatic N) is 2. The van der Waals surface area contributed by atoms with Gasteiger partial charge in [0.2, 0.25) is 0 Å². The number of aryl methyl sites for hydroxylation is 1. The maximum Gasteiger partial charge on any atom is 0.261 e. The maximum absolute atomic E-state index is 13.2. The monoisotopic (exact) mass is 484 g/mol. The summed E-state index contributed by atoms with van der Waals surface area (Å²) in [6, 6.07) is 20.1. The van der Waals surface area contributed by atoms with Gasteiger partial charge in [-0.25, -0.2) is 4.98 Å². The minimum absolute atomic E-state index is 0.0141. The van der Waals surface area contributed by atoms with Crippen LogP contribution in [-0.2, 0) is 13.0 Å². The number of fused-ring (bicyclic) bond motifs is 1. The fourth-order valence-electron chi connectivity index (χ4n) is 2.98. The molecular formula is C22H17IN2OS. The van der Waals surface area contributed by atoms with Gasteiger partial charge in [-0.1, -0.05) is 36.4 Å². The van der Waals surface area contributed by atoms with E-state index in [1.165, 1.54) is 5.56 Å². The summed E-state index contributed by atoms with van der Waals surface area (Å²) in [5, 5.41) is 2.71. The fraction of sp³-hybridized carbons (Fsp3) is 0.0909. The lowest BCUT2D eigenvalue weighted by Crippen LogP contribution is -2.25. The average molecular weight is 484 g/mol. The van der Waals surface area contributed by atoms with Gasteiger partial charge in [0.25, 0.3) is 5.56 Å². The quantitative estimate of drug-likeness (QED) is 0.352.